The molecule has 0 amide bonds. The Kier molecular flexibility index (Phi) is 4.82. The second-order valence-electron chi connectivity index (χ2n) is 4.10. The van der Waals surface area contributed by atoms with Crippen LogP contribution in [0.25, 0.3) is 0 Å². The molecule has 2 rings (SSSR count). The highest BCUT2D eigenvalue weighted by atomic mass is 79.9. The van der Waals surface area contributed by atoms with Gasteiger partial charge in [-0.25, -0.2) is 0 Å². The van der Waals surface area contributed by atoms with Gasteiger partial charge < -0.3 is 0 Å². The molecule has 1 heterocycles. The Morgan fingerprint density at radius 2 is 1.72 bits per heavy atom. The molecule has 0 saturated carbocycles. The zero-order chi connectivity index (χ0) is 13.4. The maximum atomic E-state index is 6.59. The predicted octanol–water partition coefficient (Wildman–Crippen LogP) is 6.87. The Labute approximate surface area is 138 Å². The van der Waals surface area contributed by atoms with Crippen LogP contribution in [-0.4, -0.2) is 0 Å². The van der Waals surface area contributed by atoms with Gasteiger partial charge in [-0.3, -0.25) is 0 Å². The molecule has 2 aromatic rings. The van der Waals surface area contributed by atoms with Crippen LogP contribution in [0.15, 0.2) is 25.8 Å². The minimum Gasteiger partial charge on any atom is -0.121 e. The fourth-order valence-electron chi connectivity index (χ4n) is 1.77. The van der Waals surface area contributed by atoms with Crippen LogP contribution in [0.3, 0.4) is 0 Å². The normalized spacial score (nSPS) is 12.8. The van der Waals surface area contributed by atoms with Gasteiger partial charge in [-0.05, 0) is 74.5 Å². The van der Waals surface area contributed by atoms with Crippen LogP contribution in [0.1, 0.15) is 27.6 Å². The van der Waals surface area contributed by atoms with Gasteiger partial charge in [0.1, 0.15) is 0 Å². The Hall–Kier alpha value is 0.460. The minimum atomic E-state index is -0.169. The molecule has 0 N–H and O–H groups in total. The zero-order valence-electron chi connectivity index (χ0n) is 9.73. The van der Waals surface area contributed by atoms with Gasteiger partial charge in [0.25, 0.3) is 0 Å². The van der Waals surface area contributed by atoms with Gasteiger partial charge in [0.05, 0.1) is 12.9 Å². The summed E-state index contributed by atoms with van der Waals surface area (Å²) in [6.07, 6.45) is 0. The molecular formula is C13H10Br2Cl2S. The lowest BCUT2D eigenvalue weighted by Gasteiger charge is -2.14. The Morgan fingerprint density at radius 3 is 2.28 bits per heavy atom. The van der Waals surface area contributed by atoms with E-state index in [9.17, 15) is 0 Å². The third-order valence-electron chi connectivity index (χ3n) is 2.78. The summed E-state index contributed by atoms with van der Waals surface area (Å²) >= 11 is 21.4. The summed E-state index contributed by atoms with van der Waals surface area (Å²) in [7, 11) is 0. The fraction of sp³-hybridized carbons (Fsp3) is 0.231. The SMILES string of the molecule is Cc1cc(C(Cl)c2cc(Br)sc2Br)c(C)cc1Cl. The van der Waals surface area contributed by atoms with Gasteiger partial charge in [0.2, 0.25) is 0 Å². The molecule has 1 aromatic carbocycles. The van der Waals surface area contributed by atoms with Crippen molar-refractivity contribution in [3.63, 3.8) is 0 Å². The van der Waals surface area contributed by atoms with Gasteiger partial charge in [-0.2, -0.15) is 0 Å². The van der Waals surface area contributed by atoms with Crippen LogP contribution in [0.5, 0.6) is 0 Å². The number of hydrogen-bond acceptors (Lipinski definition) is 1. The Balaban J connectivity index is 2.49. The molecular weight excluding hydrogens is 419 g/mol. The third kappa shape index (κ3) is 2.96. The Morgan fingerprint density at radius 1 is 1.06 bits per heavy atom. The van der Waals surface area contributed by atoms with Crippen LogP contribution in [0.2, 0.25) is 5.02 Å². The van der Waals surface area contributed by atoms with Crippen molar-refractivity contribution in [1.29, 1.82) is 0 Å². The number of thiophene rings is 1. The standard InChI is InChI=1S/C13H10Br2Cl2S/c1-6-4-10(16)7(2)3-8(6)12(17)9-5-11(14)18-13(9)15/h3-5,12H,1-2H3. The first kappa shape index (κ1) is 14.9. The quantitative estimate of drug-likeness (QED) is 0.458. The van der Waals surface area contributed by atoms with E-state index in [0.29, 0.717) is 0 Å². The molecule has 0 radical (unpaired) electrons. The summed E-state index contributed by atoms with van der Waals surface area (Å²) in [4.78, 5) is 0. The lowest BCUT2D eigenvalue weighted by Crippen LogP contribution is -1.97. The van der Waals surface area contributed by atoms with Crippen molar-refractivity contribution in [3.8, 4) is 0 Å². The molecule has 0 aliphatic carbocycles. The molecule has 0 aliphatic heterocycles. The molecule has 0 fully saturated rings. The first-order chi connectivity index (χ1) is 8.40. The van der Waals surface area contributed by atoms with Crippen LogP contribution < -0.4 is 0 Å². The molecule has 96 valence electrons. The number of aryl methyl sites for hydroxylation is 2. The molecule has 1 aromatic heterocycles. The number of halogens is 4. The molecule has 0 spiro atoms. The van der Waals surface area contributed by atoms with Gasteiger partial charge in [-0.1, -0.05) is 17.7 Å². The largest absolute Gasteiger partial charge is 0.121 e. The van der Waals surface area contributed by atoms with Crippen molar-refractivity contribution in [1.82, 2.24) is 0 Å². The second-order valence-corrected chi connectivity index (χ2v) is 8.69. The lowest BCUT2D eigenvalue weighted by atomic mass is 9.99. The zero-order valence-corrected chi connectivity index (χ0v) is 15.2. The molecule has 1 unspecified atom stereocenters. The molecule has 1 atom stereocenters. The van der Waals surface area contributed by atoms with E-state index in [-0.39, 0.29) is 5.38 Å². The van der Waals surface area contributed by atoms with E-state index in [1.165, 1.54) is 0 Å². The van der Waals surface area contributed by atoms with E-state index in [1.807, 2.05) is 19.9 Å². The first-order valence-corrected chi connectivity index (χ1v) is 8.47. The average Bonchev–Trinajstić information content (AvgIpc) is 2.62. The molecule has 0 aliphatic rings. The monoisotopic (exact) mass is 426 g/mol. The third-order valence-corrected chi connectivity index (χ3v) is 6.04. The maximum absolute atomic E-state index is 6.59. The van der Waals surface area contributed by atoms with Crippen molar-refractivity contribution in [3.05, 3.63) is 53.0 Å². The summed E-state index contributed by atoms with van der Waals surface area (Å²) in [5, 5.41) is 0.614. The highest BCUT2D eigenvalue weighted by Gasteiger charge is 2.19. The summed E-state index contributed by atoms with van der Waals surface area (Å²) in [5.41, 5.74) is 4.34. The number of hydrogen-bond donors (Lipinski definition) is 0. The van der Waals surface area contributed by atoms with E-state index in [0.717, 1.165) is 34.8 Å². The maximum Gasteiger partial charge on any atom is 0.0857 e. The average molecular weight is 429 g/mol. The van der Waals surface area contributed by atoms with Crippen molar-refractivity contribution < 1.29 is 0 Å². The lowest BCUT2D eigenvalue weighted by molar-refractivity contribution is 1.11. The molecule has 0 nitrogen and oxygen atoms in total. The van der Waals surface area contributed by atoms with Gasteiger partial charge in [0.15, 0.2) is 0 Å². The number of benzene rings is 1. The summed E-state index contributed by atoms with van der Waals surface area (Å²) < 4.78 is 2.12. The van der Waals surface area contributed by atoms with Gasteiger partial charge in [-0.15, -0.1) is 22.9 Å². The van der Waals surface area contributed by atoms with Crippen molar-refractivity contribution in [2.45, 2.75) is 19.2 Å². The van der Waals surface area contributed by atoms with E-state index >= 15 is 0 Å². The summed E-state index contributed by atoms with van der Waals surface area (Å²) in [6, 6.07) is 6.08. The van der Waals surface area contributed by atoms with Crippen LogP contribution >= 0.6 is 66.4 Å². The van der Waals surface area contributed by atoms with Crippen molar-refractivity contribution >= 4 is 66.4 Å². The molecule has 18 heavy (non-hydrogen) atoms. The van der Waals surface area contributed by atoms with E-state index in [4.69, 9.17) is 23.2 Å². The summed E-state index contributed by atoms with van der Waals surface area (Å²) in [5.74, 6) is 0. The number of rotatable bonds is 2. The summed E-state index contributed by atoms with van der Waals surface area (Å²) in [6.45, 7) is 4.03. The second kappa shape index (κ2) is 5.84. The van der Waals surface area contributed by atoms with E-state index in [1.54, 1.807) is 11.3 Å². The minimum absolute atomic E-state index is 0.169. The van der Waals surface area contributed by atoms with E-state index in [2.05, 4.69) is 44.0 Å². The molecule has 5 heteroatoms. The van der Waals surface area contributed by atoms with Crippen LogP contribution in [0, 0.1) is 13.8 Å². The van der Waals surface area contributed by atoms with Crippen LogP contribution in [0.4, 0.5) is 0 Å². The Bertz CT molecular complexity index is 593. The van der Waals surface area contributed by atoms with Crippen molar-refractivity contribution in [2.75, 3.05) is 0 Å². The predicted molar refractivity (Wildman–Crippen MR) is 88.3 cm³/mol. The molecule has 0 saturated heterocycles. The topological polar surface area (TPSA) is 0 Å². The molecule has 0 bridgehead atoms. The van der Waals surface area contributed by atoms with E-state index < -0.39 is 0 Å². The van der Waals surface area contributed by atoms with Crippen LogP contribution in [-0.2, 0) is 0 Å². The number of alkyl halides is 1. The van der Waals surface area contributed by atoms with Crippen molar-refractivity contribution in [2.24, 2.45) is 0 Å². The smallest absolute Gasteiger partial charge is 0.0857 e. The van der Waals surface area contributed by atoms with Gasteiger partial charge in [0, 0.05) is 10.6 Å². The highest BCUT2D eigenvalue weighted by molar-refractivity contribution is 9.12. The van der Waals surface area contributed by atoms with Gasteiger partial charge >= 0.3 is 0 Å². The first-order valence-electron chi connectivity index (χ1n) is 5.25. The fourth-order valence-corrected chi connectivity index (χ4v) is 5.49. The highest BCUT2D eigenvalue weighted by Crippen LogP contribution is 2.42.